The normalized spacial score (nSPS) is 12.0. The van der Waals surface area contributed by atoms with Crippen LogP contribution in [0.3, 0.4) is 0 Å². The third kappa shape index (κ3) is 4.92. The first kappa shape index (κ1) is 33.2. The summed E-state index contributed by atoms with van der Waals surface area (Å²) in [5.41, 5.74) is 7.46. The summed E-state index contributed by atoms with van der Waals surface area (Å²) < 4.78 is 0. The van der Waals surface area contributed by atoms with Crippen molar-refractivity contribution in [3.8, 4) is 33.4 Å². The van der Waals surface area contributed by atoms with E-state index in [1.165, 1.54) is 130 Å². The second-order valence-corrected chi connectivity index (χ2v) is 16.4. The van der Waals surface area contributed by atoms with Crippen molar-refractivity contribution in [1.82, 2.24) is 0 Å². The summed E-state index contributed by atoms with van der Waals surface area (Å²) in [6, 6.07) is 81.7. The topological polar surface area (TPSA) is 0 Å². The SMILES string of the molecule is c1ccc2c(c1)ccc1cc(-c3ccc4c(c3)c(-c3cc5ccccc5c5ccccc35)cc3c5ccccc5c(-c5cc6ccccc6c6ccccc56)cc43)ccc12. The minimum absolute atomic E-state index is 1.21. The Morgan fingerprint density at radius 1 is 0.150 bits per heavy atom. The summed E-state index contributed by atoms with van der Waals surface area (Å²) in [6.45, 7) is 0. The molecule has 13 aromatic rings. The quantitative estimate of drug-likeness (QED) is 0.158. The van der Waals surface area contributed by atoms with Gasteiger partial charge >= 0.3 is 0 Å². The lowest BCUT2D eigenvalue weighted by Gasteiger charge is -2.19. The van der Waals surface area contributed by atoms with Crippen LogP contribution in [0, 0.1) is 0 Å². The first-order chi connectivity index (χ1) is 29.7. The maximum Gasteiger partial charge on any atom is -0.00921 e. The zero-order valence-electron chi connectivity index (χ0n) is 32.8. The van der Waals surface area contributed by atoms with Gasteiger partial charge in [-0.1, -0.05) is 182 Å². The first-order valence-corrected chi connectivity index (χ1v) is 20.9. The van der Waals surface area contributed by atoms with Gasteiger partial charge < -0.3 is 0 Å². The number of hydrogen-bond acceptors (Lipinski definition) is 0. The molecule has 0 N–H and O–H groups in total. The second kappa shape index (κ2) is 12.9. The highest BCUT2D eigenvalue weighted by Gasteiger charge is 2.19. The minimum Gasteiger partial charge on any atom is -0.0616 e. The molecule has 0 nitrogen and oxygen atoms in total. The average molecular weight is 757 g/mol. The van der Waals surface area contributed by atoms with Gasteiger partial charge in [0, 0.05) is 0 Å². The van der Waals surface area contributed by atoms with E-state index in [9.17, 15) is 0 Å². The molecule has 0 atom stereocenters. The van der Waals surface area contributed by atoms with E-state index in [0.29, 0.717) is 0 Å². The Kier molecular flexibility index (Phi) is 7.11. The van der Waals surface area contributed by atoms with Gasteiger partial charge in [-0.25, -0.2) is 0 Å². The molecule has 13 rings (SSSR count). The molecule has 60 heavy (non-hydrogen) atoms. The Labute approximate surface area is 347 Å². The van der Waals surface area contributed by atoms with E-state index in [2.05, 4.69) is 218 Å². The lowest BCUT2D eigenvalue weighted by atomic mass is 9.84. The Morgan fingerprint density at radius 2 is 0.467 bits per heavy atom. The lowest BCUT2D eigenvalue weighted by Crippen LogP contribution is -1.92. The largest absolute Gasteiger partial charge is 0.0616 e. The molecule has 0 aliphatic carbocycles. The monoisotopic (exact) mass is 756 g/mol. The van der Waals surface area contributed by atoms with E-state index in [4.69, 9.17) is 0 Å². The molecule has 0 aromatic heterocycles. The van der Waals surface area contributed by atoms with Gasteiger partial charge in [0.15, 0.2) is 0 Å². The van der Waals surface area contributed by atoms with Gasteiger partial charge in [0.2, 0.25) is 0 Å². The number of hydrogen-bond donors (Lipinski definition) is 0. The standard InChI is InChI=1S/C60H36/c1-4-16-43-37(13-1)25-26-42-31-38(27-29-46(42)43)39-28-30-53-54(32-39)60(56-34-41-15-3-6-18-45(41)48-20-8-10-22-50(48)56)36-58-52-24-12-11-23-51(52)57(35-59(53)58)55-33-40-14-2-5-17-44(40)47-19-7-9-21-49(47)55/h1-36H. The zero-order valence-corrected chi connectivity index (χ0v) is 32.8. The van der Waals surface area contributed by atoms with E-state index < -0.39 is 0 Å². The molecule has 0 aliphatic rings. The van der Waals surface area contributed by atoms with Crippen LogP contribution in [-0.2, 0) is 0 Å². The fourth-order valence-corrected chi connectivity index (χ4v) is 10.4. The van der Waals surface area contributed by atoms with Gasteiger partial charge in [0.25, 0.3) is 0 Å². The number of fused-ring (bicyclic) bond motifs is 14. The van der Waals surface area contributed by atoms with Gasteiger partial charge in [-0.3, -0.25) is 0 Å². The molecule has 0 heterocycles. The first-order valence-electron chi connectivity index (χ1n) is 20.9. The van der Waals surface area contributed by atoms with E-state index in [-0.39, 0.29) is 0 Å². The van der Waals surface area contributed by atoms with Gasteiger partial charge in [0.05, 0.1) is 0 Å². The third-order valence-electron chi connectivity index (χ3n) is 13.2. The van der Waals surface area contributed by atoms with E-state index in [1.54, 1.807) is 0 Å². The van der Waals surface area contributed by atoms with Crippen LogP contribution < -0.4 is 0 Å². The number of benzene rings is 13. The fourth-order valence-electron chi connectivity index (χ4n) is 10.4. The Morgan fingerprint density at radius 3 is 1.02 bits per heavy atom. The van der Waals surface area contributed by atoms with Crippen LogP contribution in [0.2, 0.25) is 0 Å². The van der Waals surface area contributed by atoms with Crippen LogP contribution in [0.15, 0.2) is 218 Å². The highest BCUT2D eigenvalue weighted by atomic mass is 14.2. The molecule has 0 heteroatoms. The summed E-state index contributed by atoms with van der Waals surface area (Å²) in [4.78, 5) is 0. The van der Waals surface area contributed by atoms with Gasteiger partial charge in [-0.2, -0.15) is 0 Å². The summed E-state index contributed by atoms with van der Waals surface area (Å²) in [5, 5.41) is 22.8. The van der Waals surface area contributed by atoms with Crippen molar-refractivity contribution in [2.45, 2.75) is 0 Å². The molecular formula is C60H36. The molecule has 0 spiro atoms. The number of rotatable bonds is 3. The molecule has 0 saturated carbocycles. The van der Waals surface area contributed by atoms with Crippen molar-refractivity contribution in [3.05, 3.63) is 218 Å². The van der Waals surface area contributed by atoms with Gasteiger partial charge in [-0.15, -0.1) is 0 Å². The van der Waals surface area contributed by atoms with Crippen molar-refractivity contribution in [2.24, 2.45) is 0 Å². The van der Waals surface area contributed by atoms with Crippen LogP contribution in [0.4, 0.5) is 0 Å². The van der Waals surface area contributed by atoms with Crippen LogP contribution in [0.1, 0.15) is 0 Å². The smallest absolute Gasteiger partial charge is 0.00921 e. The van der Waals surface area contributed by atoms with Crippen molar-refractivity contribution in [2.75, 3.05) is 0 Å². The molecule has 13 aromatic carbocycles. The van der Waals surface area contributed by atoms with E-state index in [0.717, 1.165) is 0 Å². The Balaban J connectivity index is 1.15. The molecule has 0 bridgehead atoms. The molecule has 0 saturated heterocycles. The summed E-state index contributed by atoms with van der Waals surface area (Å²) in [6.07, 6.45) is 0. The van der Waals surface area contributed by atoms with Crippen molar-refractivity contribution in [3.63, 3.8) is 0 Å². The van der Waals surface area contributed by atoms with Gasteiger partial charge in [-0.05, 0) is 167 Å². The van der Waals surface area contributed by atoms with Crippen LogP contribution in [0.25, 0.3) is 130 Å². The van der Waals surface area contributed by atoms with E-state index in [1.807, 2.05) is 0 Å². The molecule has 0 unspecified atom stereocenters. The highest BCUT2D eigenvalue weighted by Crippen LogP contribution is 2.47. The van der Waals surface area contributed by atoms with E-state index >= 15 is 0 Å². The van der Waals surface area contributed by atoms with Crippen molar-refractivity contribution in [1.29, 1.82) is 0 Å². The fraction of sp³-hybridized carbons (Fsp3) is 0. The van der Waals surface area contributed by atoms with Crippen molar-refractivity contribution < 1.29 is 0 Å². The molecule has 0 fully saturated rings. The molecule has 0 amide bonds. The molecule has 0 aliphatic heterocycles. The highest BCUT2D eigenvalue weighted by molar-refractivity contribution is 6.28. The summed E-state index contributed by atoms with van der Waals surface area (Å²) >= 11 is 0. The van der Waals surface area contributed by atoms with Crippen LogP contribution in [-0.4, -0.2) is 0 Å². The molecular weight excluding hydrogens is 721 g/mol. The maximum atomic E-state index is 2.50. The Hall–Kier alpha value is -7.80. The summed E-state index contributed by atoms with van der Waals surface area (Å²) in [5.74, 6) is 0. The predicted molar refractivity (Wildman–Crippen MR) is 260 cm³/mol. The van der Waals surface area contributed by atoms with Gasteiger partial charge in [0.1, 0.15) is 0 Å². The van der Waals surface area contributed by atoms with Crippen molar-refractivity contribution >= 4 is 97.0 Å². The molecule has 276 valence electrons. The summed E-state index contributed by atoms with van der Waals surface area (Å²) in [7, 11) is 0. The second-order valence-electron chi connectivity index (χ2n) is 16.4. The van der Waals surface area contributed by atoms with Crippen LogP contribution in [0.5, 0.6) is 0 Å². The maximum absolute atomic E-state index is 2.50. The lowest BCUT2D eigenvalue weighted by molar-refractivity contribution is 1.68. The predicted octanol–water partition coefficient (Wildman–Crippen LogP) is 17.1. The Bertz CT molecular complexity index is 3940. The average Bonchev–Trinajstić information content (AvgIpc) is 3.32. The third-order valence-corrected chi connectivity index (χ3v) is 13.2. The minimum atomic E-state index is 1.21. The molecule has 0 radical (unpaired) electrons. The van der Waals surface area contributed by atoms with Crippen LogP contribution >= 0.6 is 0 Å². The zero-order chi connectivity index (χ0) is 39.3.